The summed E-state index contributed by atoms with van der Waals surface area (Å²) in [5, 5.41) is 0.106. The van der Waals surface area contributed by atoms with Gasteiger partial charge in [0.2, 0.25) is 5.60 Å². The quantitative estimate of drug-likeness (QED) is 0.156. The van der Waals surface area contributed by atoms with E-state index in [1.165, 1.54) is 5.57 Å². The molecule has 1 aromatic rings. The third-order valence-corrected chi connectivity index (χ3v) is 21.7. The van der Waals surface area contributed by atoms with E-state index in [-0.39, 0.29) is 64.2 Å². The molecule has 0 aromatic heterocycles. The van der Waals surface area contributed by atoms with Gasteiger partial charge in [0, 0.05) is 18.8 Å². The Balaban J connectivity index is 1.59. The van der Waals surface area contributed by atoms with E-state index in [2.05, 4.69) is 92.9 Å². The summed E-state index contributed by atoms with van der Waals surface area (Å²) in [6.07, 6.45) is 9.60. The summed E-state index contributed by atoms with van der Waals surface area (Å²) in [7, 11) is -4.16. The smallest absolute Gasteiger partial charge is 0.350 e. The van der Waals surface area contributed by atoms with Crippen LogP contribution in [0.5, 0.6) is 5.75 Å². The van der Waals surface area contributed by atoms with Gasteiger partial charge in [-0.1, -0.05) is 91.3 Å². The van der Waals surface area contributed by atoms with E-state index in [1.54, 1.807) is 0 Å². The second kappa shape index (κ2) is 15.6. The summed E-state index contributed by atoms with van der Waals surface area (Å²) in [4.78, 5) is 27.1. The zero-order valence-electron chi connectivity index (χ0n) is 34.2. The maximum Gasteiger partial charge on any atom is 0.350 e. The molecule has 286 valence electrons. The summed E-state index contributed by atoms with van der Waals surface area (Å²) in [6, 6.07) is 7.79. The van der Waals surface area contributed by atoms with Crippen molar-refractivity contribution in [2.45, 2.75) is 174 Å². The number of carbonyl (C=O) groups excluding carboxylic acids is 2. The molecule has 3 aliphatic rings. The first kappa shape index (κ1) is 41.5. The molecule has 4 rings (SSSR count). The average molecular weight is 741 g/mol. The summed E-state index contributed by atoms with van der Waals surface area (Å²) < 4.78 is 32.6. The molecular formula is C42H68O7Si2. The largest absolute Gasteiger partial charge is 0.476 e. The van der Waals surface area contributed by atoms with E-state index < -0.39 is 22.2 Å². The Bertz CT molecular complexity index is 1430. The highest BCUT2D eigenvalue weighted by atomic mass is 28.4. The zero-order chi connectivity index (χ0) is 38.2. The van der Waals surface area contributed by atoms with Crippen LogP contribution in [0.3, 0.4) is 0 Å². The summed E-state index contributed by atoms with van der Waals surface area (Å²) >= 11 is 0. The fourth-order valence-corrected chi connectivity index (χ4v) is 9.72. The van der Waals surface area contributed by atoms with Crippen molar-refractivity contribution in [1.29, 1.82) is 0 Å². The van der Waals surface area contributed by atoms with Crippen LogP contribution >= 0.6 is 0 Å². The van der Waals surface area contributed by atoms with Crippen LogP contribution in [-0.4, -0.2) is 58.6 Å². The Morgan fingerprint density at radius 1 is 0.902 bits per heavy atom. The minimum absolute atomic E-state index is 0.00716. The highest BCUT2D eigenvalue weighted by molar-refractivity contribution is 6.74. The van der Waals surface area contributed by atoms with Crippen LogP contribution in [0.4, 0.5) is 0 Å². The number of allylic oxidation sites excluding steroid dienone is 2. The lowest BCUT2D eigenvalue weighted by Gasteiger charge is -2.46. The number of fused-ring (bicyclic) bond motifs is 1. The maximum atomic E-state index is 14.2. The summed E-state index contributed by atoms with van der Waals surface area (Å²) in [6.45, 7) is 30.6. The van der Waals surface area contributed by atoms with Gasteiger partial charge in [-0.05, 0) is 98.9 Å². The van der Waals surface area contributed by atoms with Gasteiger partial charge < -0.3 is 23.1 Å². The second-order valence-electron chi connectivity index (χ2n) is 18.8. The Kier molecular flexibility index (Phi) is 12.7. The van der Waals surface area contributed by atoms with Crippen LogP contribution in [0, 0.1) is 24.7 Å². The standard InChI is InChI=1S/C42H68O7Si2/c1-15-42(10,47-31-20-16-28(2)17-21-31)39(44)46-36-26-33(48-50(11,12)40(4,5)6)24-30-19-18-29(3)35(38(30)36)23-22-32-25-34(27-37(43)45-32)49-51(13,14)41(7,8)9/h16-21,24,29,32-36,38H,15,22-23,25-27H2,1-14H3/t29?,32-,33?,34-,35?,36?,38?,42+/m1/s1. The van der Waals surface area contributed by atoms with Gasteiger partial charge >= 0.3 is 11.9 Å². The van der Waals surface area contributed by atoms with Gasteiger partial charge in [0.25, 0.3) is 0 Å². The lowest BCUT2D eigenvalue weighted by atomic mass is 9.66. The van der Waals surface area contributed by atoms with E-state index in [0.717, 1.165) is 18.4 Å². The summed E-state index contributed by atoms with van der Waals surface area (Å²) in [5.74, 6) is 0.568. The predicted octanol–water partition coefficient (Wildman–Crippen LogP) is 10.5. The Labute approximate surface area is 311 Å². The zero-order valence-corrected chi connectivity index (χ0v) is 36.2. The molecule has 1 heterocycles. The Hall–Kier alpha value is -2.21. The van der Waals surface area contributed by atoms with Crippen molar-refractivity contribution < 1.29 is 32.7 Å². The van der Waals surface area contributed by atoms with Crippen molar-refractivity contribution in [3.8, 4) is 5.75 Å². The molecular weight excluding hydrogens is 673 g/mol. The maximum absolute atomic E-state index is 14.2. The van der Waals surface area contributed by atoms with Crippen molar-refractivity contribution >= 4 is 28.6 Å². The van der Waals surface area contributed by atoms with Gasteiger partial charge in [-0.2, -0.15) is 0 Å². The molecule has 0 bridgehead atoms. The average Bonchev–Trinajstić information content (AvgIpc) is 3.00. The fourth-order valence-electron chi connectivity index (χ4n) is 7.08. The molecule has 7 nitrogen and oxygen atoms in total. The molecule has 0 N–H and O–H groups in total. The monoisotopic (exact) mass is 740 g/mol. The third kappa shape index (κ3) is 10.1. The van der Waals surface area contributed by atoms with Crippen LogP contribution in [-0.2, 0) is 27.9 Å². The molecule has 1 saturated heterocycles. The van der Waals surface area contributed by atoms with E-state index in [0.29, 0.717) is 31.4 Å². The molecule has 9 heteroatoms. The molecule has 1 aliphatic heterocycles. The minimum Gasteiger partial charge on any atom is -0.476 e. The number of carbonyl (C=O) groups is 2. The van der Waals surface area contributed by atoms with Crippen LogP contribution < -0.4 is 4.74 Å². The topological polar surface area (TPSA) is 80.3 Å². The van der Waals surface area contributed by atoms with Crippen LogP contribution in [0.15, 0.2) is 48.1 Å². The Morgan fingerprint density at radius 2 is 1.51 bits per heavy atom. The number of rotatable bonds is 12. The van der Waals surface area contributed by atoms with Crippen LogP contribution in [0.25, 0.3) is 0 Å². The van der Waals surface area contributed by atoms with Crippen molar-refractivity contribution in [3.63, 3.8) is 0 Å². The van der Waals surface area contributed by atoms with Crippen molar-refractivity contribution in [1.82, 2.24) is 0 Å². The third-order valence-electron chi connectivity index (χ3n) is 12.6. The highest BCUT2D eigenvalue weighted by Gasteiger charge is 2.48. The van der Waals surface area contributed by atoms with Gasteiger partial charge in [-0.25, -0.2) is 4.79 Å². The van der Waals surface area contributed by atoms with Gasteiger partial charge in [-0.3, -0.25) is 4.79 Å². The van der Waals surface area contributed by atoms with Gasteiger partial charge in [0.1, 0.15) is 18.0 Å². The lowest BCUT2D eigenvalue weighted by Crippen LogP contribution is -2.50. The van der Waals surface area contributed by atoms with Gasteiger partial charge in [0.05, 0.1) is 18.6 Å². The highest BCUT2D eigenvalue weighted by Crippen LogP contribution is 2.47. The minimum atomic E-state index is -2.12. The van der Waals surface area contributed by atoms with E-state index in [4.69, 9.17) is 23.1 Å². The number of aryl methyl sites for hydroxylation is 1. The molecule has 0 amide bonds. The number of benzene rings is 1. The molecule has 0 saturated carbocycles. The fraction of sp³-hybridized carbons (Fsp3) is 0.714. The van der Waals surface area contributed by atoms with Crippen molar-refractivity contribution in [3.05, 3.63) is 53.6 Å². The lowest BCUT2D eigenvalue weighted by molar-refractivity contribution is -0.172. The van der Waals surface area contributed by atoms with Crippen molar-refractivity contribution in [2.75, 3.05) is 0 Å². The first-order chi connectivity index (χ1) is 23.4. The van der Waals surface area contributed by atoms with Gasteiger partial charge in [0.15, 0.2) is 16.6 Å². The number of hydrogen-bond donors (Lipinski definition) is 0. The molecule has 2 aliphatic carbocycles. The number of ether oxygens (including phenoxy) is 3. The van der Waals surface area contributed by atoms with E-state index in [9.17, 15) is 9.59 Å². The number of cyclic esters (lactones) is 1. The SMILES string of the molecule is CC[C@](C)(Oc1ccc(C)cc1)C(=O)OC1CC(O[Si](C)(C)C(C)(C)C)C=C2C=CC(C)C(CC[C@@H]3C[C@@H](O[Si](C)(C)C(C)(C)C)CC(=O)O3)C21. The van der Waals surface area contributed by atoms with Crippen molar-refractivity contribution in [2.24, 2.45) is 17.8 Å². The molecule has 5 unspecified atom stereocenters. The normalized spacial score (nSPS) is 28.6. The number of hydrogen-bond acceptors (Lipinski definition) is 7. The molecule has 1 aromatic carbocycles. The van der Waals surface area contributed by atoms with Crippen LogP contribution in [0.1, 0.15) is 106 Å². The molecule has 0 radical (unpaired) electrons. The number of esters is 2. The first-order valence-electron chi connectivity index (χ1n) is 19.4. The summed E-state index contributed by atoms with van der Waals surface area (Å²) in [5.41, 5.74) is 1.15. The van der Waals surface area contributed by atoms with Crippen LogP contribution in [0.2, 0.25) is 36.3 Å². The predicted molar refractivity (Wildman–Crippen MR) is 211 cm³/mol. The van der Waals surface area contributed by atoms with E-state index in [1.807, 2.05) is 45.0 Å². The Morgan fingerprint density at radius 3 is 2.10 bits per heavy atom. The van der Waals surface area contributed by atoms with E-state index >= 15 is 0 Å². The first-order valence-corrected chi connectivity index (χ1v) is 25.2. The molecule has 51 heavy (non-hydrogen) atoms. The molecule has 0 spiro atoms. The second-order valence-corrected chi connectivity index (χ2v) is 28.3. The van der Waals surface area contributed by atoms with Gasteiger partial charge in [-0.15, -0.1) is 0 Å². The molecule has 8 atom stereocenters. The molecule has 1 fully saturated rings.